The van der Waals surface area contributed by atoms with Gasteiger partial charge in [0.2, 0.25) is 0 Å². The van der Waals surface area contributed by atoms with Crippen LogP contribution in [0, 0.1) is 0 Å². The molecule has 0 amide bonds. The Labute approximate surface area is 104 Å². The summed E-state index contributed by atoms with van der Waals surface area (Å²) >= 11 is 3.50. The van der Waals surface area contributed by atoms with E-state index >= 15 is 0 Å². The van der Waals surface area contributed by atoms with Crippen molar-refractivity contribution in [2.24, 2.45) is 0 Å². The van der Waals surface area contributed by atoms with Crippen molar-refractivity contribution in [1.82, 2.24) is 0 Å². The van der Waals surface area contributed by atoms with Gasteiger partial charge in [-0.25, -0.2) is 0 Å². The maximum Gasteiger partial charge on any atom is 0.124 e. The van der Waals surface area contributed by atoms with E-state index in [4.69, 9.17) is 4.74 Å². The van der Waals surface area contributed by atoms with Gasteiger partial charge in [-0.2, -0.15) is 0 Å². The first kappa shape index (κ1) is 10.2. The van der Waals surface area contributed by atoms with Crippen molar-refractivity contribution in [3.63, 3.8) is 0 Å². The molecule has 1 aliphatic rings. The zero-order valence-corrected chi connectivity index (χ0v) is 11.0. The van der Waals surface area contributed by atoms with Crippen LogP contribution >= 0.6 is 15.9 Å². The van der Waals surface area contributed by atoms with Crippen LogP contribution in [0.1, 0.15) is 19.4 Å². The minimum absolute atomic E-state index is 0.0658. The largest absolute Gasteiger partial charge is 0.487 e. The third kappa shape index (κ3) is 1.52. The summed E-state index contributed by atoms with van der Waals surface area (Å²) in [5.74, 6) is 1.04. The van der Waals surface area contributed by atoms with Gasteiger partial charge in [0.15, 0.2) is 0 Å². The predicted molar refractivity (Wildman–Crippen MR) is 70.1 cm³/mol. The fourth-order valence-corrected chi connectivity index (χ4v) is 2.76. The van der Waals surface area contributed by atoms with Crippen molar-refractivity contribution < 1.29 is 4.74 Å². The Morgan fingerprint density at radius 3 is 2.81 bits per heavy atom. The van der Waals surface area contributed by atoms with Gasteiger partial charge in [-0.05, 0) is 42.8 Å². The molecule has 2 aromatic carbocycles. The van der Waals surface area contributed by atoms with Crippen molar-refractivity contribution in [3.8, 4) is 5.75 Å². The molecule has 2 heteroatoms. The van der Waals surface area contributed by atoms with Crippen molar-refractivity contribution >= 4 is 26.7 Å². The number of halogens is 1. The van der Waals surface area contributed by atoms with E-state index in [1.807, 2.05) is 0 Å². The topological polar surface area (TPSA) is 9.23 Å². The summed E-state index contributed by atoms with van der Waals surface area (Å²) in [6, 6.07) is 10.6. The van der Waals surface area contributed by atoms with E-state index in [9.17, 15) is 0 Å². The highest BCUT2D eigenvalue weighted by Crippen LogP contribution is 2.39. The SMILES string of the molecule is CC1(C)Cc2c(ccc3cc(Br)ccc23)O1. The quantitative estimate of drug-likeness (QED) is 0.697. The molecular formula is C14H13BrO. The van der Waals surface area contributed by atoms with Crippen LogP contribution in [0.2, 0.25) is 0 Å². The fourth-order valence-electron chi connectivity index (χ4n) is 2.38. The van der Waals surface area contributed by atoms with Crippen LogP contribution in [0.25, 0.3) is 10.8 Å². The number of benzene rings is 2. The molecule has 0 bridgehead atoms. The number of rotatable bonds is 0. The van der Waals surface area contributed by atoms with Crippen molar-refractivity contribution in [1.29, 1.82) is 0 Å². The lowest BCUT2D eigenvalue weighted by Gasteiger charge is -2.16. The van der Waals surface area contributed by atoms with Crippen molar-refractivity contribution in [3.05, 3.63) is 40.4 Å². The predicted octanol–water partition coefficient (Wildman–Crippen LogP) is 4.32. The molecule has 16 heavy (non-hydrogen) atoms. The lowest BCUT2D eigenvalue weighted by Crippen LogP contribution is -2.24. The molecule has 0 saturated carbocycles. The Bertz CT molecular complexity index is 572. The standard InChI is InChI=1S/C14H13BrO/c1-14(2)8-12-11-5-4-10(15)7-9(11)3-6-13(12)16-14/h3-7H,8H2,1-2H3. The van der Waals surface area contributed by atoms with Gasteiger partial charge in [0.05, 0.1) is 0 Å². The van der Waals surface area contributed by atoms with Crippen LogP contribution in [0.15, 0.2) is 34.8 Å². The van der Waals surface area contributed by atoms with Crippen LogP contribution in [-0.2, 0) is 6.42 Å². The third-order valence-electron chi connectivity index (χ3n) is 3.04. The highest BCUT2D eigenvalue weighted by atomic mass is 79.9. The van der Waals surface area contributed by atoms with Gasteiger partial charge in [-0.15, -0.1) is 0 Å². The van der Waals surface area contributed by atoms with E-state index in [2.05, 4.69) is 60.1 Å². The molecule has 0 atom stereocenters. The van der Waals surface area contributed by atoms with Gasteiger partial charge in [-0.3, -0.25) is 0 Å². The Morgan fingerprint density at radius 2 is 2.00 bits per heavy atom. The summed E-state index contributed by atoms with van der Waals surface area (Å²) < 4.78 is 7.04. The molecule has 1 nitrogen and oxygen atoms in total. The van der Waals surface area contributed by atoms with E-state index in [1.165, 1.54) is 16.3 Å². The second kappa shape index (κ2) is 3.24. The van der Waals surface area contributed by atoms with E-state index < -0.39 is 0 Å². The fraction of sp³-hybridized carbons (Fsp3) is 0.286. The summed E-state index contributed by atoms with van der Waals surface area (Å²) in [7, 11) is 0. The monoisotopic (exact) mass is 276 g/mol. The highest BCUT2D eigenvalue weighted by molar-refractivity contribution is 9.10. The van der Waals surface area contributed by atoms with E-state index in [0.29, 0.717) is 0 Å². The van der Waals surface area contributed by atoms with Gasteiger partial charge in [-0.1, -0.05) is 28.1 Å². The van der Waals surface area contributed by atoms with Crippen molar-refractivity contribution in [2.75, 3.05) is 0 Å². The van der Waals surface area contributed by atoms with Gasteiger partial charge in [0.25, 0.3) is 0 Å². The first-order valence-electron chi connectivity index (χ1n) is 5.45. The van der Waals surface area contributed by atoms with Gasteiger partial charge < -0.3 is 4.74 Å². The van der Waals surface area contributed by atoms with E-state index in [-0.39, 0.29) is 5.60 Å². The third-order valence-corrected chi connectivity index (χ3v) is 3.53. The average molecular weight is 277 g/mol. The second-order valence-corrected chi connectivity index (χ2v) is 5.86. The average Bonchev–Trinajstić information content (AvgIpc) is 2.52. The summed E-state index contributed by atoms with van der Waals surface area (Å²) in [6.07, 6.45) is 0.987. The van der Waals surface area contributed by atoms with Gasteiger partial charge >= 0.3 is 0 Å². The van der Waals surface area contributed by atoms with Crippen LogP contribution in [0.5, 0.6) is 5.75 Å². The highest BCUT2D eigenvalue weighted by Gasteiger charge is 2.30. The minimum atomic E-state index is -0.0658. The van der Waals surface area contributed by atoms with E-state index in [0.717, 1.165) is 16.6 Å². The normalized spacial score (nSPS) is 17.2. The molecule has 3 rings (SSSR count). The molecule has 0 aliphatic carbocycles. The van der Waals surface area contributed by atoms with Crippen LogP contribution in [0.3, 0.4) is 0 Å². The second-order valence-electron chi connectivity index (χ2n) is 4.95. The molecule has 0 spiro atoms. The molecule has 1 aliphatic heterocycles. The molecule has 0 aromatic heterocycles. The number of hydrogen-bond acceptors (Lipinski definition) is 1. The molecule has 0 unspecified atom stereocenters. The molecule has 0 N–H and O–H groups in total. The molecule has 0 saturated heterocycles. The number of hydrogen-bond donors (Lipinski definition) is 0. The lowest BCUT2D eigenvalue weighted by atomic mass is 9.97. The summed E-state index contributed by atoms with van der Waals surface area (Å²) in [6.45, 7) is 4.27. The van der Waals surface area contributed by atoms with Crippen LogP contribution in [0.4, 0.5) is 0 Å². The Hall–Kier alpha value is -1.02. The molecular weight excluding hydrogens is 264 g/mol. The Balaban J connectivity index is 2.28. The first-order chi connectivity index (χ1) is 7.55. The Morgan fingerprint density at radius 1 is 1.19 bits per heavy atom. The first-order valence-corrected chi connectivity index (χ1v) is 6.25. The summed E-state index contributed by atoms with van der Waals surface area (Å²) in [5.41, 5.74) is 1.28. The smallest absolute Gasteiger partial charge is 0.124 e. The molecule has 0 fully saturated rings. The molecule has 1 heterocycles. The number of fused-ring (bicyclic) bond motifs is 3. The van der Waals surface area contributed by atoms with Crippen LogP contribution in [-0.4, -0.2) is 5.60 Å². The zero-order chi connectivity index (χ0) is 11.3. The molecule has 0 radical (unpaired) electrons. The number of ether oxygens (including phenoxy) is 1. The summed E-state index contributed by atoms with van der Waals surface area (Å²) in [4.78, 5) is 0. The lowest BCUT2D eigenvalue weighted by molar-refractivity contribution is 0.138. The van der Waals surface area contributed by atoms with Crippen molar-refractivity contribution in [2.45, 2.75) is 25.9 Å². The Kier molecular flexibility index (Phi) is 2.05. The zero-order valence-electron chi connectivity index (χ0n) is 9.38. The van der Waals surface area contributed by atoms with Gasteiger partial charge in [0, 0.05) is 16.5 Å². The maximum atomic E-state index is 5.92. The molecule has 2 aromatic rings. The summed E-state index contributed by atoms with van der Waals surface area (Å²) in [5, 5.41) is 2.58. The van der Waals surface area contributed by atoms with Gasteiger partial charge in [0.1, 0.15) is 11.4 Å². The minimum Gasteiger partial charge on any atom is -0.487 e. The van der Waals surface area contributed by atoms with E-state index in [1.54, 1.807) is 0 Å². The maximum absolute atomic E-state index is 5.92. The molecule has 82 valence electrons. The van der Waals surface area contributed by atoms with Crippen LogP contribution < -0.4 is 4.74 Å².